The number of aromatic carboxylic acids is 1. The maximum atomic E-state index is 12.6. The number of aryl methyl sites for hydroxylation is 1. The number of benzene rings is 1. The van der Waals surface area contributed by atoms with Gasteiger partial charge in [-0.15, -0.1) is 0 Å². The highest BCUT2D eigenvalue weighted by atomic mass is 79.9. The molecule has 0 fully saturated rings. The Morgan fingerprint density at radius 1 is 1.28 bits per heavy atom. The summed E-state index contributed by atoms with van der Waals surface area (Å²) in [5.41, 5.74) is 0.633. The van der Waals surface area contributed by atoms with E-state index in [9.17, 15) is 14.4 Å². The lowest BCUT2D eigenvalue weighted by Gasteiger charge is -2.19. The number of halogens is 1. The van der Waals surface area contributed by atoms with Gasteiger partial charge in [0.2, 0.25) is 5.91 Å². The van der Waals surface area contributed by atoms with E-state index in [0.29, 0.717) is 25.2 Å². The molecule has 2 heterocycles. The molecule has 1 aliphatic rings. The predicted molar refractivity (Wildman–Crippen MR) is 92.5 cm³/mol. The van der Waals surface area contributed by atoms with Crippen LogP contribution in [0.5, 0.6) is 0 Å². The van der Waals surface area contributed by atoms with E-state index >= 15 is 0 Å². The largest absolute Gasteiger partial charge is 0.476 e. The Hall–Kier alpha value is -2.68. The van der Waals surface area contributed by atoms with Gasteiger partial charge in [-0.2, -0.15) is 5.10 Å². The average Bonchev–Trinajstić information content (AvgIpc) is 2.92. The highest BCUT2D eigenvalue weighted by Gasteiger charge is 2.27. The number of anilines is 1. The van der Waals surface area contributed by atoms with Crippen molar-refractivity contribution in [1.82, 2.24) is 14.7 Å². The van der Waals surface area contributed by atoms with Gasteiger partial charge in [0.05, 0.1) is 0 Å². The molecule has 2 amide bonds. The molecule has 1 aromatic heterocycles. The topological polar surface area (TPSA) is 105 Å². The molecule has 9 heteroatoms. The Kier molecular flexibility index (Phi) is 4.84. The first-order chi connectivity index (χ1) is 11.9. The Balaban J connectivity index is 1.72. The molecule has 0 aliphatic carbocycles. The Morgan fingerprint density at radius 2 is 2.08 bits per heavy atom. The number of hydrogen-bond donors (Lipinski definition) is 2. The number of carboxylic acids is 1. The zero-order chi connectivity index (χ0) is 18.0. The molecule has 0 saturated carbocycles. The number of nitrogens with one attached hydrogen (secondary N) is 1. The molecule has 0 radical (unpaired) electrons. The summed E-state index contributed by atoms with van der Waals surface area (Å²) in [5, 5.41) is 15.7. The average molecular weight is 407 g/mol. The number of fused-ring (bicyclic) bond motifs is 1. The minimum Gasteiger partial charge on any atom is -0.476 e. The van der Waals surface area contributed by atoms with Crippen LogP contribution < -0.4 is 5.32 Å². The fraction of sp³-hybridized carbons (Fsp3) is 0.250. The normalized spacial score (nSPS) is 14.0. The highest BCUT2D eigenvalue weighted by Crippen LogP contribution is 2.17. The van der Waals surface area contributed by atoms with Gasteiger partial charge in [-0.1, -0.05) is 22.0 Å². The van der Waals surface area contributed by atoms with Crippen molar-refractivity contribution in [2.75, 3.05) is 18.4 Å². The van der Waals surface area contributed by atoms with Crippen molar-refractivity contribution in [3.63, 3.8) is 0 Å². The number of carbonyl (C=O) groups excluding carboxylic acids is 2. The summed E-state index contributed by atoms with van der Waals surface area (Å²) in [6.45, 7) is 0.716. The second kappa shape index (κ2) is 7.06. The van der Waals surface area contributed by atoms with Crippen molar-refractivity contribution in [1.29, 1.82) is 0 Å². The smallest absolute Gasteiger partial charge is 0.356 e. The van der Waals surface area contributed by atoms with E-state index in [2.05, 4.69) is 26.3 Å². The summed E-state index contributed by atoms with van der Waals surface area (Å²) in [4.78, 5) is 37.3. The van der Waals surface area contributed by atoms with Crippen molar-refractivity contribution >= 4 is 39.4 Å². The lowest BCUT2D eigenvalue weighted by atomic mass is 10.3. The summed E-state index contributed by atoms with van der Waals surface area (Å²) in [7, 11) is 0. The molecule has 130 valence electrons. The number of aromatic nitrogens is 2. The molecule has 0 atom stereocenters. The van der Waals surface area contributed by atoms with Crippen molar-refractivity contribution < 1.29 is 19.5 Å². The van der Waals surface area contributed by atoms with Gasteiger partial charge < -0.3 is 15.3 Å². The Labute approximate surface area is 151 Å². The van der Waals surface area contributed by atoms with Crippen molar-refractivity contribution in [2.45, 2.75) is 13.0 Å². The first kappa shape index (κ1) is 17.2. The number of carbonyl (C=O) groups is 3. The van der Waals surface area contributed by atoms with Crippen LogP contribution in [0.25, 0.3) is 0 Å². The van der Waals surface area contributed by atoms with Crippen molar-refractivity contribution in [3.8, 4) is 0 Å². The standard InChI is InChI=1S/C16H15BrN4O4/c17-10-3-1-4-11(7-10)18-14(22)9-20-5-2-6-21-13(15(20)23)8-12(19-21)16(24)25/h1,3-4,7-8H,2,5-6,9H2,(H,18,22)(H,24,25). The molecular formula is C16H15BrN4O4. The van der Waals surface area contributed by atoms with E-state index in [1.165, 1.54) is 15.6 Å². The summed E-state index contributed by atoms with van der Waals surface area (Å²) in [6.07, 6.45) is 0.587. The monoisotopic (exact) mass is 406 g/mol. The van der Waals surface area contributed by atoms with Crippen LogP contribution in [-0.2, 0) is 11.3 Å². The van der Waals surface area contributed by atoms with Gasteiger partial charge in [0, 0.05) is 29.3 Å². The lowest BCUT2D eigenvalue weighted by molar-refractivity contribution is -0.116. The molecular weight excluding hydrogens is 392 g/mol. The Morgan fingerprint density at radius 3 is 2.80 bits per heavy atom. The van der Waals surface area contributed by atoms with Crippen molar-refractivity contribution in [2.24, 2.45) is 0 Å². The van der Waals surface area contributed by atoms with Crippen LogP contribution >= 0.6 is 15.9 Å². The molecule has 0 unspecified atom stereocenters. The minimum absolute atomic E-state index is 0.112. The van der Waals surface area contributed by atoms with Gasteiger partial charge in [0.1, 0.15) is 12.2 Å². The number of carboxylic acid groups (broad SMARTS) is 1. The van der Waals surface area contributed by atoms with E-state index in [1.807, 2.05) is 6.07 Å². The number of hydrogen-bond acceptors (Lipinski definition) is 4. The zero-order valence-corrected chi connectivity index (χ0v) is 14.7. The van der Waals surface area contributed by atoms with Crippen LogP contribution in [0.2, 0.25) is 0 Å². The van der Waals surface area contributed by atoms with Crippen LogP contribution in [0.1, 0.15) is 27.4 Å². The van der Waals surface area contributed by atoms with Crippen LogP contribution in [0.15, 0.2) is 34.8 Å². The molecule has 25 heavy (non-hydrogen) atoms. The molecule has 2 aromatic rings. The third-order valence-corrected chi connectivity index (χ3v) is 4.24. The first-order valence-electron chi connectivity index (χ1n) is 7.60. The van der Waals surface area contributed by atoms with Gasteiger partial charge in [-0.25, -0.2) is 4.79 Å². The summed E-state index contributed by atoms with van der Waals surface area (Å²) in [5.74, 6) is -1.91. The lowest BCUT2D eigenvalue weighted by Crippen LogP contribution is -2.38. The molecule has 1 aromatic carbocycles. The van der Waals surface area contributed by atoms with E-state index < -0.39 is 11.9 Å². The molecule has 0 bridgehead atoms. The van der Waals surface area contributed by atoms with E-state index in [4.69, 9.17) is 5.11 Å². The number of rotatable bonds is 4. The van der Waals surface area contributed by atoms with Gasteiger partial charge in [-0.3, -0.25) is 14.3 Å². The fourth-order valence-electron chi connectivity index (χ4n) is 2.63. The summed E-state index contributed by atoms with van der Waals surface area (Å²) >= 11 is 3.33. The predicted octanol–water partition coefficient (Wildman–Crippen LogP) is 1.83. The molecule has 1 aliphatic heterocycles. The van der Waals surface area contributed by atoms with Gasteiger partial charge in [0.15, 0.2) is 5.69 Å². The molecule has 2 N–H and O–H groups in total. The number of nitrogens with zero attached hydrogens (tertiary/aromatic N) is 3. The van der Waals surface area contributed by atoms with Gasteiger partial charge in [0.25, 0.3) is 5.91 Å². The molecule has 3 rings (SSSR count). The maximum Gasteiger partial charge on any atom is 0.356 e. The maximum absolute atomic E-state index is 12.6. The first-order valence-corrected chi connectivity index (χ1v) is 8.39. The van der Waals surface area contributed by atoms with Crippen LogP contribution in [0, 0.1) is 0 Å². The minimum atomic E-state index is -1.19. The molecule has 0 spiro atoms. The number of amides is 2. The van der Waals surface area contributed by atoms with Crippen LogP contribution in [0.3, 0.4) is 0 Å². The van der Waals surface area contributed by atoms with E-state index in [0.717, 1.165) is 4.47 Å². The van der Waals surface area contributed by atoms with E-state index in [-0.39, 0.29) is 23.8 Å². The Bertz CT molecular complexity index is 848. The van der Waals surface area contributed by atoms with Gasteiger partial charge >= 0.3 is 5.97 Å². The third kappa shape index (κ3) is 3.87. The van der Waals surface area contributed by atoms with E-state index in [1.54, 1.807) is 18.2 Å². The van der Waals surface area contributed by atoms with Crippen LogP contribution in [0.4, 0.5) is 5.69 Å². The summed E-state index contributed by atoms with van der Waals surface area (Å²) < 4.78 is 2.22. The fourth-order valence-corrected chi connectivity index (χ4v) is 3.03. The second-order valence-electron chi connectivity index (χ2n) is 5.58. The summed E-state index contributed by atoms with van der Waals surface area (Å²) in [6, 6.07) is 8.39. The molecule has 0 saturated heterocycles. The zero-order valence-electron chi connectivity index (χ0n) is 13.1. The van der Waals surface area contributed by atoms with Crippen LogP contribution in [-0.4, -0.2) is 50.7 Å². The third-order valence-electron chi connectivity index (χ3n) is 3.75. The highest BCUT2D eigenvalue weighted by molar-refractivity contribution is 9.10. The second-order valence-corrected chi connectivity index (χ2v) is 6.50. The molecule has 8 nitrogen and oxygen atoms in total. The van der Waals surface area contributed by atoms with Gasteiger partial charge in [-0.05, 0) is 24.6 Å². The quantitative estimate of drug-likeness (QED) is 0.805. The van der Waals surface area contributed by atoms with Crippen molar-refractivity contribution in [3.05, 3.63) is 46.2 Å². The SMILES string of the molecule is O=C(CN1CCCn2nc(C(=O)O)cc2C1=O)Nc1cccc(Br)c1.